The molecule has 0 aliphatic rings. The Labute approximate surface area is 154 Å². The monoisotopic (exact) mass is 373 g/mol. The summed E-state index contributed by atoms with van der Waals surface area (Å²) in [5.74, 6) is -0.383. The van der Waals surface area contributed by atoms with Crippen molar-refractivity contribution in [2.45, 2.75) is 19.3 Å². The van der Waals surface area contributed by atoms with E-state index in [0.29, 0.717) is 12.1 Å². The van der Waals surface area contributed by atoms with Crippen molar-refractivity contribution >= 4 is 5.91 Å². The fourth-order valence-corrected chi connectivity index (χ4v) is 2.87. The number of amides is 1. The predicted octanol–water partition coefficient (Wildman–Crippen LogP) is 4.38. The number of aromatic nitrogens is 2. The van der Waals surface area contributed by atoms with E-state index >= 15 is 0 Å². The average molecular weight is 373 g/mol. The molecule has 0 unspecified atom stereocenters. The summed E-state index contributed by atoms with van der Waals surface area (Å²) in [5, 5.41) is 3.84. The summed E-state index contributed by atoms with van der Waals surface area (Å²) in [6.45, 7) is -0.911. The third-order valence-electron chi connectivity index (χ3n) is 4.06. The maximum Gasteiger partial charge on any atom is 0.408 e. The minimum atomic E-state index is -4.44. The smallest absolute Gasteiger partial charge is 0.337 e. The van der Waals surface area contributed by atoms with E-state index in [1.807, 2.05) is 30.3 Å². The summed E-state index contributed by atoms with van der Waals surface area (Å²) in [6, 6.07) is 17.9. The van der Waals surface area contributed by atoms with Crippen molar-refractivity contribution in [3.05, 3.63) is 78.0 Å². The molecule has 0 radical (unpaired) electrons. The van der Waals surface area contributed by atoms with Crippen molar-refractivity contribution in [3.8, 4) is 11.3 Å². The minimum absolute atomic E-state index is 0.142. The molecule has 7 heteroatoms. The zero-order valence-corrected chi connectivity index (χ0v) is 14.6. The molecule has 2 aromatic carbocycles. The summed E-state index contributed by atoms with van der Waals surface area (Å²) in [7, 11) is 1.62. The van der Waals surface area contributed by atoms with Crippen molar-refractivity contribution in [2.24, 2.45) is 0 Å². The van der Waals surface area contributed by atoms with Gasteiger partial charge in [0.1, 0.15) is 6.54 Å². The summed E-state index contributed by atoms with van der Waals surface area (Å²) in [5.41, 5.74) is 1.75. The molecule has 0 saturated heterocycles. The Hall–Kier alpha value is -3.09. The van der Waals surface area contributed by atoms with E-state index in [1.54, 1.807) is 37.4 Å². The fraction of sp³-hybridized carbons (Fsp3) is 0.200. The number of benzene rings is 2. The highest BCUT2D eigenvalue weighted by atomic mass is 19.4. The molecular formula is C20H18F3N3O. The van der Waals surface area contributed by atoms with E-state index in [9.17, 15) is 18.0 Å². The molecule has 0 bridgehead atoms. The predicted molar refractivity (Wildman–Crippen MR) is 96.0 cm³/mol. The zero-order valence-electron chi connectivity index (χ0n) is 14.6. The van der Waals surface area contributed by atoms with E-state index in [4.69, 9.17) is 0 Å². The molecule has 0 aliphatic carbocycles. The van der Waals surface area contributed by atoms with E-state index in [2.05, 4.69) is 5.10 Å². The van der Waals surface area contributed by atoms with Gasteiger partial charge in [0.2, 0.25) is 0 Å². The molecule has 4 nitrogen and oxygen atoms in total. The van der Waals surface area contributed by atoms with Crippen LogP contribution in [0.2, 0.25) is 0 Å². The molecule has 0 aliphatic heterocycles. The molecule has 3 rings (SSSR count). The molecule has 1 amide bonds. The Balaban J connectivity index is 1.96. The Kier molecular flexibility index (Phi) is 5.30. The van der Waals surface area contributed by atoms with Crippen LogP contribution < -0.4 is 0 Å². The topological polar surface area (TPSA) is 38.1 Å². The molecule has 0 atom stereocenters. The van der Waals surface area contributed by atoms with Gasteiger partial charge in [-0.1, -0.05) is 60.7 Å². The average Bonchev–Trinajstić information content (AvgIpc) is 3.04. The molecule has 0 fully saturated rings. The van der Waals surface area contributed by atoms with Crippen molar-refractivity contribution in [1.29, 1.82) is 0 Å². The normalized spacial score (nSPS) is 11.4. The van der Waals surface area contributed by atoms with Gasteiger partial charge in [0, 0.05) is 19.2 Å². The third-order valence-corrected chi connectivity index (χ3v) is 4.06. The lowest BCUT2D eigenvalue weighted by molar-refractivity contribution is -0.142. The molecule has 0 spiro atoms. The first-order chi connectivity index (χ1) is 12.8. The van der Waals surface area contributed by atoms with Gasteiger partial charge < -0.3 is 4.90 Å². The number of rotatable bonds is 5. The van der Waals surface area contributed by atoms with Crippen LogP contribution >= 0.6 is 0 Å². The first-order valence-electron chi connectivity index (χ1n) is 8.32. The highest BCUT2D eigenvalue weighted by molar-refractivity contribution is 5.99. The van der Waals surface area contributed by atoms with Crippen LogP contribution in [-0.2, 0) is 13.1 Å². The van der Waals surface area contributed by atoms with Crippen LogP contribution in [0.5, 0.6) is 0 Å². The van der Waals surface area contributed by atoms with Gasteiger partial charge in [0.15, 0.2) is 0 Å². The number of hydrogen-bond acceptors (Lipinski definition) is 2. The first-order valence-corrected chi connectivity index (χ1v) is 8.32. The molecule has 27 heavy (non-hydrogen) atoms. The molecule has 0 N–H and O–H groups in total. The second-order valence-electron chi connectivity index (χ2n) is 6.19. The zero-order chi connectivity index (χ0) is 19.4. The van der Waals surface area contributed by atoms with Gasteiger partial charge in [0.05, 0.1) is 17.5 Å². The molecular weight excluding hydrogens is 355 g/mol. The van der Waals surface area contributed by atoms with Crippen LogP contribution in [0.15, 0.2) is 66.9 Å². The van der Waals surface area contributed by atoms with Gasteiger partial charge in [-0.15, -0.1) is 0 Å². The van der Waals surface area contributed by atoms with Gasteiger partial charge in [-0.25, -0.2) is 0 Å². The van der Waals surface area contributed by atoms with Crippen LogP contribution in [0.25, 0.3) is 11.3 Å². The number of carbonyl (C=O) groups is 1. The molecule has 1 heterocycles. The highest BCUT2D eigenvalue weighted by Crippen LogP contribution is 2.28. The Bertz CT molecular complexity index is 905. The standard InChI is InChI=1S/C20H18F3N3O/c1-25(13-15-8-4-2-5-9-15)19(27)17-12-24-26(14-20(21,22)23)18(17)16-10-6-3-7-11-16/h2-12H,13-14H2,1H3. The highest BCUT2D eigenvalue weighted by Gasteiger charge is 2.32. The van der Waals surface area contributed by atoms with Crippen molar-refractivity contribution in [2.75, 3.05) is 7.05 Å². The minimum Gasteiger partial charge on any atom is -0.337 e. The number of nitrogens with zero attached hydrogens (tertiary/aromatic N) is 3. The maximum atomic E-state index is 12.9. The first kappa shape index (κ1) is 18.7. The van der Waals surface area contributed by atoms with Gasteiger partial charge in [0.25, 0.3) is 5.91 Å². The second kappa shape index (κ2) is 7.65. The van der Waals surface area contributed by atoms with Gasteiger partial charge >= 0.3 is 6.18 Å². The van der Waals surface area contributed by atoms with Gasteiger partial charge in [-0.2, -0.15) is 18.3 Å². The van der Waals surface area contributed by atoms with Crippen molar-refractivity contribution in [1.82, 2.24) is 14.7 Å². The van der Waals surface area contributed by atoms with E-state index < -0.39 is 12.7 Å². The molecule has 0 saturated carbocycles. The Morgan fingerprint density at radius 2 is 1.63 bits per heavy atom. The number of halogens is 3. The van der Waals surface area contributed by atoms with Crippen LogP contribution in [0, 0.1) is 0 Å². The quantitative estimate of drug-likeness (QED) is 0.666. The lowest BCUT2D eigenvalue weighted by Crippen LogP contribution is -2.27. The summed E-state index contributed by atoms with van der Waals surface area (Å²) < 4.78 is 39.6. The fourth-order valence-electron chi connectivity index (χ4n) is 2.87. The van der Waals surface area contributed by atoms with E-state index in [0.717, 1.165) is 10.2 Å². The van der Waals surface area contributed by atoms with Crippen molar-refractivity contribution in [3.63, 3.8) is 0 Å². The largest absolute Gasteiger partial charge is 0.408 e. The molecule has 140 valence electrons. The number of carbonyl (C=O) groups excluding carboxylic acids is 1. The van der Waals surface area contributed by atoms with E-state index in [-0.39, 0.29) is 17.2 Å². The van der Waals surface area contributed by atoms with E-state index in [1.165, 1.54) is 11.1 Å². The Morgan fingerprint density at radius 1 is 1.04 bits per heavy atom. The number of alkyl halides is 3. The van der Waals surface area contributed by atoms with Gasteiger partial charge in [-0.3, -0.25) is 9.48 Å². The van der Waals surface area contributed by atoms with Crippen LogP contribution in [0.1, 0.15) is 15.9 Å². The summed E-state index contributed by atoms with van der Waals surface area (Å²) in [6.07, 6.45) is -3.23. The second-order valence-corrected chi connectivity index (χ2v) is 6.19. The van der Waals surface area contributed by atoms with Crippen LogP contribution in [0.4, 0.5) is 13.2 Å². The van der Waals surface area contributed by atoms with Crippen LogP contribution in [-0.4, -0.2) is 33.8 Å². The third kappa shape index (κ3) is 4.55. The number of hydrogen-bond donors (Lipinski definition) is 0. The van der Waals surface area contributed by atoms with Gasteiger partial charge in [-0.05, 0) is 5.56 Å². The SMILES string of the molecule is CN(Cc1ccccc1)C(=O)c1cnn(CC(F)(F)F)c1-c1ccccc1. The van der Waals surface area contributed by atoms with Crippen molar-refractivity contribution < 1.29 is 18.0 Å². The maximum absolute atomic E-state index is 12.9. The summed E-state index contributed by atoms with van der Waals surface area (Å²) in [4.78, 5) is 14.4. The molecule has 1 aromatic heterocycles. The summed E-state index contributed by atoms with van der Waals surface area (Å²) >= 11 is 0. The Morgan fingerprint density at radius 3 is 2.22 bits per heavy atom. The lowest BCUT2D eigenvalue weighted by atomic mass is 10.1. The van der Waals surface area contributed by atoms with Crippen LogP contribution in [0.3, 0.4) is 0 Å². The lowest BCUT2D eigenvalue weighted by Gasteiger charge is -2.18. The molecule has 3 aromatic rings.